The smallest absolute Gasteiger partial charge is 0.257 e. The normalized spacial score (nSPS) is 24.3. The zero-order valence-electron chi connectivity index (χ0n) is 12.4. The topological polar surface area (TPSA) is 69.7 Å². The Hall–Kier alpha value is -2.51. The van der Waals surface area contributed by atoms with Gasteiger partial charge >= 0.3 is 0 Å². The summed E-state index contributed by atoms with van der Waals surface area (Å²) >= 11 is 0. The van der Waals surface area contributed by atoms with E-state index in [0.717, 1.165) is 6.07 Å². The lowest BCUT2D eigenvalue weighted by atomic mass is 10.0. The summed E-state index contributed by atoms with van der Waals surface area (Å²) in [6.07, 6.45) is 0. The maximum Gasteiger partial charge on any atom is 0.257 e. The van der Waals surface area contributed by atoms with Gasteiger partial charge in [-0.05, 0) is 19.1 Å². The Bertz CT molecular complexity index is 695. The number of carbonyl (C=O) groups is 3. The number of nitrogens with zero attached hydrogens (tertiary/aromatic N) is 2. The van der Waals surface area contributed by atoms with Gasteiger partial charge in [0.25, 0.3) is 5.91 Å². The number of halogens is 2. The van der Waals surface area contributed by atoms with Crippen molar-refractivity contribution in [3.63, 3.8) is 0 Å². The highest BCUT2D eigenvalue weighted by atomic mass is 19.2. The summed E-state index contributed by atoms with van der Waals surface area (Å²) in [5.74, 6) is -3.57. The molecule has 1 aromatic carbocycles. The van der Waals surface area contributed by atoms with Gasteiger partial charge in [0.1, 0.15) is 12.1 Å². The molecule has 3 amide bonds. The molecule has 0 unspecified atom stereocenters. The van der Waals surface area contributed by atoms with E-state index < -0.39 is 29.6 Å². The number of amides is 3. The van der Waals surface area contributed by atoms with E-state index in [1.54, 1.807) is 6.92 Å². The lowest BCUT2D eigenvalue weighted by Gasteiger charge is -2.44. The summed E-state index contributed by atoms with van der Waals surface area (Å²) in [6, 6.07) is 1.98. The van der Waals surface area contributed by atoms with Crippen molar-refractivity contribution in [3.8, 4) is 0 Å². The van der Waals surface area contributed by atoms with Crippen LogP contribution in [0.15, 0.2) is 18.2 Å². The summed E-state index contributed by atoms with van der Waals surface area (Å²) in [5.41, 5.74) is -0.380. The first-order valence-electron chi connectivity index (χ1n) is 7.24. The van der Waals surface area contributed by atoms with Crippen LogP contribution in [0, 0.1) is 11.6 Å². The van der Waals surface area contributed by atoms with E-state index in [2.05, 4.69) is 5.32 Å². The van der Waals surface area contributed by atoms with Gasteiger partial charge in [0.2, 0.25) is 11.8 Å². The molecule has 8 heteroatoms. The summed E-state index contributed by atoms with van der Waals surface area (Å²) in [4.78, 5) is 39.2. The number of carbonyl (C=O) groups excluding carboxylic acids is 3. The van der Waals surface area contributed by atoms with E-state index in [-0.39, 0.29) is 37.0 Å². The predicted molar refractivity (Wildman–Crippen MR) is 75.4 cm³/mol. The van der Waals surface area contributed by atoms with Crippen molar-refractivity contribution in [1.29, 1.82) is 0 Å². The largest absolute Gasteiger partial charge is 0.343 e. The third-order valence-corrected chi connectivity index (χ3v) is 4.16. The van der Waals surface area contributed by atoms with Crippen molar-refractivity contribution < 1.29 is 23.2 Å². The van der Waals surface area contributed by atoms with E-state index in [0.29, 0.717) is 0 Å². The fraction of sp³-hybridized carbons (Fsp3) is 0.400. The zero-order valence-corrected chi connectivity index (χ0v) is 12.4. The second-order valence-electron chi connectivity index (χ2n) is 5.63. The molecule has 6 nitrogen and oxygen atoms in total. The van der Waals surface area contributed by atoms with Crippen LogP contribution < -0.4 is 5.32 Å². The van der Waals surface area contributed by atoms with Crippen LogP contribution in [0.25, 0.3) is 0 Å². The zero-order chi connectivity index (χ0) is 16.7. The molecule has 0 saturated carbocycles. The number of hydrogen-bond acceptors (Lipinski definition) is 3. The van der Waals surface area contributed by atoms with Crippen molar-refractivity contribution in [3.05, 3.63) is 35.4 Å². The molecule has 3 rings (SSSR count). The summed E-state index contributed by atoms with van der Waals surface area (Å²) < 4.78 is 27.0. The Kier molecular flexibility index (Phi) is 3.75. The Morgan fingerprint density at radius 1 is 1.26 bits per heavy atom. The molecule has 122 valence electrons. The van der Waals surface area contributed by atoms with Gasteiger partial charge in [-0.2, -0.15) is 0 Å². The first-order valence-corrected chi connectivity index (χ1v) is 7.24. The van der Waals surface area contributed by atoms with Gasteiger partial charge in [-0.15, -0.1) is 0 Å². The lowest BCUT2D eigenvalue weighted by Crippen LogP contribution is -2.69. The highest BCUT2D eigenvalue weighted by molar-refractivity contribution is 5.99. The van der Waals surface area contributed by atoms with Crippen molar-refractivity contribution in [2.24, 2.45) is 0 Å². The summed E-state index contributed by atoms with van der Waals surface area (Å²) in [6.45, 7) is 1.90. The van der Waals surface area contributed by atoms with Gasteiger partial charge in [-0.1, -0.05) is 6.07 Å². The molecule has 0 aliphatic carbocycles. The van der Waals surface area contributed by atoms with Crippen LogP contribution in [0.4, 0.5) is 8.78 Å². The maximum atomic E-state index is 13.8. The molecule has 2 aliphatic heterocycles. The maximum absolute atomic E-state index is 13.8. The van der Waals surface area contributed by atoms with E-state index in [1.807, 2.05) is 0 Å². The Morgan fingerprint density at radius 3 is 2.74 bits per heavy atom. The van der Waals surface area contributed by atoms with E-state index in [9.17, 15) is 23.2 Å². The minimum atomic E-state index is -1.21. The van der Waals surface area contributed by atoms with Crippen molar-refractivity contribution in [2.45, 2.75) is 19.0 Å². The molecule has 2 fully saturated rings. The second-order valence-corrected chi connectivity index (χ2v) is 5.63. The minimum Gasteiger partial charge on any atom is -0.343 e. The predicted octanol–water partition coefficient (Wildman–Crippen LogP) is 0.136. The molecule has 2 atom stereocenters. The third kappa shape index (κ3) is 2.54. The molecule has 2 saturated heterocycles. The van der Waals surface area contributed by atoms with Crippen LogP contribution >= 0.6 is 0 Å². The fourth-order valence-corrected chi connectivity index (χ4v) is 2.91. The molecule has 2 heterocycles. The third-order valence-electron chi connectivity index (χ3n) is 4.16. The van der Waals surface area contributed by atoms with Crippen LogP contribution in [0.5, 0.6) is 0 Å². The quantitative estimate of drug-likeness (QED) is 0.799. The van der Waals surface area contributed by atoms with Crippen LogP contribution in [-0.2, 0) is 9.59 Å². The first-order chi connectivity index (χ1) is 10.9. The average Bonchev–Trinajstić information content (AvgIpc) is 2.54. The minimum absolute atomic E-state index is 0.0426. The fourth-order valence-electron chi connectivity index (χ4n) is 2.91. The molecular formula is C15H15F2N3O3. The Balaban J connectivity index is 1.81. The average molecular weight is 323 g/mol. The van der Waals surface area contributed by atoms with Gasteiger partial charge in [-0.3, -0.25) is 14.4 Å². The molecule has 23 heavy (non-hydrogen) atoms. The first kappa shape index (κ1) is 15.4. The number of rotatable bonds is 1. The highest BCUT2D eigenvalue weighted by Gasteiger charge is 2.43. The van der Waals surface area contributed by atoms with Crippen LogP contribution in [-0.4, -0.2) is 59.2 Å². The summed E-state index contributed by atoms with van der Waals surface area (Å²) in [5, 5.41) is 2.55. The number of hydrogen-bond donors (Lipinski definition) is 1. The molecule has 0 spiro atoms. The Labute approximate surface area is 131 Å². The Morgan fingerprint density at radius 2 is 2.00 bits per heavy atom. The van der Waals surface area contributed by atoms with E-state index in [1.165, 1.54) is 21.9 Å². The monoisotopic (exact) mass is 323 g/mol. The molecule has 0 radical (unpaired) electrons. The lowest BCUT2D eigenvalue weighted by molar-refractivity contribution is -0.151. The summed E-state index contributed by atoms with van der Waals surface area (Å²) in [7, 11) is 0. The van der Waals surface area contributed by atoms with Gasteiger partial charge in [0.05, 0.1) is 12.1 Å². The molecular weight excluding hydrogens is 308 g/mol. The molecule has 0 aromatic heterocycles. The van der Waals surface area contributed by atoms with E-state index in [4.69, 9.17) is 0 Å². The number of nitrogens with one attached hydrogen (secondary N) is 1. The molecule has 1 N–H and O–H groups in total. The van der Waals surface area contributed by atoms with Crippen LogP contribution in [0.2, 0.25) is 0 Å². The molecule has 2 aliphatic rings. The van der Waals surface area contributed by atoms with Crippen LogP contribution in [0.3, 0.4) is 0 Å². The van der Waals surface area contributed by atoms with Gasteiger partial charge in [-0.25, -0.2) is 8.78 Å². The molecule has 0 bridgehead atoms. The SMILES string of the molecule is C[C@H]1NC(=O)[C@H]2CN(C(=O)c3cccc(F)c3F)CCN2C1=O. The van der Waals surface area contributed by atoms with Crippen molar-refractivity contribution in [1.82, 2.24) is 15.1 Å². The second kappa shape index (κ2) is 5.60. The van der Waals surface area contributed by atoms with Crippen molar-refractivity contribution >= 4 is 17.7 Å². The standard InChI is InChI=1S/C15H15F2N3O3/c1-8-14(22)20-6-5-19(7-11(20)13(21)18-8)15(23)9-3-2-4-10(16)12(9)17/h2-4,8,11H,5-7H2,1H3,(H,18,21)/t8-,11-/m1/s1. The number of piperazine rings is 2. The van der Waals surface area contributed by atoms with Gasteiger partial charge in [0, 0.05) is 13.1 Å². The van der Waals surface area contributed by atoms with Crippen LogP contribution in [0.1, 0.15) is 17.3 Å². The van der Waals surface area contributed by atoms with E-state index >= 15 is 0 Å². The number of benzene rings is 1. The highest BCUT2D eigenvalue weighted by Crippen LogP contribution is 2.20. The number of fused-ring (bicyclic) bond motifs is 1. The van der Waals surface area contributed by atoms with Crippen molar-refractivity contribution in [2.75, 3.05) is 19.6 Å². The van der Waals surface area contributed by atoms with Gasteiger partial charge in [0.15, 0.2) is 11.6 Å². The van der Waals surface area contributed by atoms with Gasteiger partial charge < -0.3 is 15.1 Å². The molecule has 1 aromatic rings.